The average Bonchev–Trinajstić information content (AvgIpc) is 2.52. The van der Waals surface area contributed by atoms with Crippen molar-refractivity contribution in [1.82, 2.24) is 10.2 Å². The highest BCUT2D eigenvalue weighted by Gasteiger charge is 2.31. The molecule has 120 valence electrons. The van der Waals surface area contributed by atoms with Crippen molar-refractivity contribution in [2.45, 2.75) is 32.0 Å². The van der Waals surface area contributed by atoms with Crippen LogP contribution >= 0.6 is 0 Å². The quantitative estimate of drug-likeness (QED) is 0.793. The van der Waals surface area contributed by atoms with Gasteiger partial charge in [-0.05, 0) is 18.9 Å². The lowest BCUT2D eigenvalue weighted by Crippen LogP contribution is -2.54. The first-order chi connectivity index (χ1) is 10.6. The molecule has 0 radical (unpaired) electrons. The van der Waals surface area contributed by atoms with Crippen molar-refractivity contribution in [3.63, 3.8) is 0 Å². The zero-order valence-electron chi connectivity index (χ0n) is 13.0. The molecule has 1 aromatic carbocycles. The van der Waals surface area contributed by atoms with Crippen molar-refractivity contribution in [3.8, 4) is 0 Å². The molecule has 2 atom stereocenters. The van der Waals surface area contributed by atoms with E-state index in [2.05, 4.69) is 24.0 Å². The lowest BCUT2D eigenvalue weighted by atomic mass is 10.0. The van der Waals surface area contributed by atoms with E-state index < -0.39 is 6.09 Å². The fraction of sp³-hybridized carbons (Fsp3) is 0.471. The fourth-order valence-corrected chi connectivity index (χ4v) is 2.59. The number of carbonyl (C=O) groups is 1. The van der Waals surface area contributed by atoms with Crippen molar-refractivity contribution in [1.29, 1.82) is 0 Å². The molecule has 2 rings (SSSR count). The highest BCUT2D eigenvalue weighted by atomic mass is 16.5. The van der Waals surface area contributed by atoms with E-state index in [-0.39, 0.29) is 12.1 Å². The van der Waals surface area contributed by atoms with Gasteiger partial charge in [-0.15, -0.1) is 0 Å². The average molecular weight is 304 g/mol. The number of piperidine rings is 1. The number of carboxylic acid groups (broad SMARTS) is 1. The number of rotatable bonds is 6. The molecular weight excluding hydrogens is 280 g/mol. The van der Waals surface area contributed by atoms with Crippen LogP contribution in [0.4, 0.5) is 4.79 Å². The molecule has 1 aromatic rings. The van der Waals surface area contributed by atoms with Crippen molar-refractivity contribution < 1.29 is 14.6 Å². The topological polar surface area (TPSA) is 61.8 Å². The molecule has 0 spiro atoms. The molecular formula is C17H24N2O3. The van der Waals surface area contributed by atoms with Gasteiger partial charge in [0, 0.05) is 19.1 Å². The van der Waals surface area contributed by atoms with Crippen molar-refractivity contribution in [2.24, 2.45) is 0 Å². The van der Waals surface area contributed by atoms with Crippen LogP contribution in [0, 0.1) is 0 Å². The predicted octanol–water partition coefficient (Wildman–Crippen LogP) is 2.49. The molecule has 1 aliphatic heterocycles. The fourth-order valence-electron chi connectivity index (χ4n) is 2.59. The molecule has 1 aliphatic rings. The molecule has 0 bridgehead atoms. The number of hydrogen-bond acceptors (Lipinski definition) is 3. The molecule has 1 heterocycles. The van der Waals surface area contributed by atoms with Crippen LogP contribution in [0.5, 0.6) is 0 Å². The lowest BCUT2D eigenvalue weighted by Gasteiger charge is -2.37. The van der Waals surface area contributed by atoms with E-state index in [4.69, 9.17) is 9.84 Å². The number of amides is 1. The third-order valence-corrected chi connectivity index (χ3v) is 3.78. The first-order valence-corrected chi connectivity index (χ1v) is 7.57. The molecule has 0 saturated carbocycles. The third kappa shape index (κ3) is 4.86. The Balaban J connectivity index is 1.94. The van der Waals surface area contributed by atoms with E-state index >= 15 is 0 Å². The number of hydrogen-bond donors (Lipinski definition) is 2. The Bertz CT molecular complexity index is 504. The third-order valence-electron chi connectivity index (χ3n) is 3.78. The maximum Gasteiger partial charge on any atom is 0.407 e. The molecule has 1 amide bonds. The molecule has 2 unspecified atom stereocenters. The Morgan fingerprint density at radius 3 is 2.82 bits per heavy atom. The zero-order valence-corrected chi connectivity index (χ0v) is 13.0. The first-order valence-electron chi connectivity index (χ1n) is 7.57. The number of benzene rings is 1. The standard InChI is InChI=1S/C17H24N2O3/c1-13(2)12-22-16-11-19(17(20)21)9-8-15(16)18-10-14-6-4-3-5-7-14/h3-7,15-16,18H,1,8-12H2,2H3,(H,20,21). The van der Waals surface area contributed by atoms with E-state index in [1.54, 1.807) is 0 Å². The number of nitrogens with one attached hydrogen (secondary N) is 1. The van der Waals surface area contributed by atoms with Crippen LogP contribution in [0.2, 0.25) is 0 Å². The van der Waals surface area contributed by atoms with Gasteiger partial charge in [0.25, 0.3) is 0 Å². The van der Waals surface area contributed by atoms with Crippen molar-refractivity contribution in [2.75, 3.05) is 19.7 Å². The summed E-state index contributed by atoms with van der Waals surface area (Å²) in [4.78, 5) is 12.6. The summed E-state index contributed by atoms with van der Waals surface area (Å²) in [5, 5.41) is 12.7. The van der Waals surface area contributed by atoms with E-state index in [1.807, 2.05) is 25.1 Å². The Hall–Kier alpha value is -1.85. The summed E-state index contributed by atoms with van der Waals surface area (Å²) in [5.74, 6) is 0. The second kappa shape index (κ2) is 7.96. The van der Waals surface area contributed by atoms with Gasteiger partial charge in [0.15, 0.2) is 0 Å². The Labute approximate surface area is 131 Å². The predicted molar refractivity (Wildman–Crippen MR) is 85.8 cm³/mol. The molecule has 1 fully saturated rings. The van der Waals surface area contributed by atoms with Crippen LogP contribution in [0.1, 0.15) is 18.9 Å². The minimum atomic E-state index is -0.884. The van der Waals surface area contributed by atoms with E-state index in [9.17, 15) is 4.79 Å². The first kappa shape index (κ1) is 16.5. The van der Waals surface area contributed by atoms with Crippen LogP contribution in [-0.2, 0) is 11.3 Å². The molecule has 1 saturated heterocycles. The minimum absolute atomic E-state index is 0.148. The van der Waals surface area contributed by atoms with Gasteiger partial charge in [0.05, 0.1) is 19.3 Å². The van der Waals surface area contributed by atoms with Crippen LogP contribution in [0.3, 0.4) is 0 Å². The Morgan fingerprint density at radius 2 is 2.18 bits per heavy atom. The summed E-state index contributed by atoms with van der Waals surface area (Å²) in [7, 11) is 0. The summed E-state index contributed by atoms with van der Waals surface area (Å²) in [5.41, 5.74) is 2.15. The normalized spacial score (nSPS) is 21.6. The second-order valence-corrected chi connectivity index (χ2v) is 5.80. The molecule has 0 aliphatic carbocycles. The summed E-state index contributed by atoms with van der Waals surface area (Å²) < 4.78 is 5.86. The van der Waals surface area contributed by atoms with Gasteiger partial charge in [-0.1, -0.05) is 42.5 Å². The zero-order chi connectivity index (χ0) is 15.9. The molecule has 5 nitrogen and oxygen atoms in total. The van der Waals surface area contributed by atoms with Gasteiger partial charge in [-0.25, -0.2) is 4.79 Å². The van der Waals surface area contributed by atoms with Crippen LogP contribution in [-0.4, -0.2) is 47.9 Å². The summed E-state index contributed by atoms with van der Waals surface area (Å²) in [6.45, 7) is 7.89. The Morgan fingerprint density at radius 1 is 1.45 bits per heavy atom. The van der Waals surface area contributed by atoms with Crippen molar-refractivity contribution in [3.05, 3.63) is 48.0 Å². The largest absolute Gasteiger partial charge is 0.465 e. The number of nitrogens with zero attached hydrogens (tertiary/aromatic N) is 1. The van der Waals surface area contributed by atoms with Gasteiger partial charge in [-0.2, -0.15) is 0 Å². The smallest absolute Gasteiger partial charge is 0.407 e. The highest BCUT2D eigenvalue weighted by Crippen LogP contribution is 2.16. The summed E-state index contributed by atoms with van der Waals surface area (Å²) in [6, 6.07) is 10.3. The summed E-state index contributed by atoms with van der Waals surface area (Å²) in [6.07, 6.45) is -0.282. The van der Waals surface area contributed by atoms with Gasteiger partial charge in [-0.3, -0.25) is 0 Å². The van der Waals surface area contributed by atoms with Crippen LogP contribution in [0.15, 0.2) is 42.5 Å². The molecule has 2 N–H and O–H groups in total. The Kier molecular flexibility index (Phi) is 5.98. The highest BCUT2D eigenvalue weighted by molar-refractivity contribution is 5.65. The van der Waals surface area contributed by atoms with Gasteiger partial charge < -0.3 is 20.1 Å². The lowest BCUT2D eigenvalue weighted by molar-refractivity contribution is -0.00867. The van der Waals surface area contributed by atoms with E-state index in [0.29, 0.717) is 19.7 Å². The van der Waals surface area contributed by atoms with Gasteiger partial charge in [0.2, 0.25) is 0 Å². The molecule has 5 heteroatoms. The second-order valence-electron chi connectivity index (χ2n) is 5.80. The van der Waals surface area contributed by atoms with E-state index in [1.165, 1.54) is 10.5 Å². The SMILES string of the molecule is C=C(C)COC1CN(C(=O)O)CCC1NCc1ccccc1. The van der Waals surface area contributed by atoms with Crippen LogP contribution < -0.4 is 5.32 Å². The molecule has 22 heavy (non-hydrogen) atoms. The monoisotopic (exact) mass is 304 g/mol. The van der Waals surface area contributed by atoms with Gasteiger partial charge in [0.1, 0.15) is 0 Å². The maximum absolute atomic E-state index is 11.2. The molecule has 0 aromatic heterocycles. The maximum atomic E-state index is 11.2. The number of likely N-dealkylation sites (tertiary alicyclic amines) is 1. The number of ether oxygens (including phenoxy) is 1. The van der Waals surface area contributed by atoms with Gasteiger partial charge >= 0.3 is 6.09 Å². The van der Waals surface area contributed by atoms with Crippen LogP contribution in [0.25, 0.3) is 0 Å². The minimum Gasteiger partial charge on any atom is -0.465 e. The van der Waals surface area contributed by atoms with Crippen molar-refractivity contribution >= 4 is 6.09 Å². The van der Waals surface area contributed by atoms with E-state index in [0.717, 1.165) is 18.5 Å². The summed E-state index contributed by atoms with van der Waals surface area (Å²) >= 11 is 0.